The summed E-state index contributed by atoms with van der Waals surface area (Å²) in [5.41, 5.74) is 6.53. The highest BCUT2D eigenvalue weighted by Gasteiger charge is 2.04. The van der Waals surface area contributed by atoms with Crippen molar-refractivity contribution in [3.05, 3.63) is 33.7 Å². The van der Waals surface area contributed by atoms with Crippen LogP contribution in [0.25, 0.3) is 0 Å². The fourth-order valence-electron chi connectivity index (χ4n) is 0.923. The van der Waals surface area contributed by atoms with Crippen molar-refractivity contribution in [2.24, 2.45) is 5.73 Å². The molecule has 0 aliphatic rings. The zero-order valence-corrected chi connectivity index (χ0v) is 6.79. The van der Waals surface area contributed by atoms with Crippen molar-refractivity contribution in [1.82, 2.24) is 4.98 Å². The van der Waals surface area contributed by atoms with E-state index in [1.165, 1.54) is 6.20 Å². The van der Waals surface area contributed by atoms with Crippen molar-refractivity contribution in [1.29, 1.82) is 0 Å². The van der Waals surface area contributed by atoms with Crippen molar-refractivity contribution >= 4 is 0 Å². The smallest absolute Gasteiger partial charge is 0.252 e. The molecule has 1 aromatic heterocycles. The largest absolute Gasteiger partial charge is 0.328 e. The molecule has 0 fully saturated rings. The molecule has 12 heavy (non-hydrogen) atoms. The van der Waals surface area contributed by atoms with Crippen LogP contribution >= 0.6 is 0 Å². The van der Waals surface area contributed by atoms with Gasteiger partial charge in [-0.15, -0.1) is 6.42 Å². The highest BCUT2D eigenvalue weighted by molar-refractivity contribution is 5.32. The number of terminal acetylenes is 1. The molecule has 0 aliphatic carbocycles. The first-order valence-electron chi connectivity index (χ1n) is 3.60. The van der Waals surface area contributed by atoms with E-state index in [0.717, 1.165) is 0 Å². The molecule has 3 heteroatoms. The average molecular weight is 162 g/mol. The van der Waals surface area contributed by atoms with Crippen LogP contribution in [0.5, 0.6) is 0 Å². The Kier molecular flexibility index (Phi) is 2.32. The molecule has 0 saturated carbocycles. The Labute approximate surface area is 70.6 Å². The van der Waals surface area contributed by atoms with Crippen molar-refractivity contribution in [3.8, 4) is 12.3 Å². The lowest BCUT2D eigenvalue weighted by Gasteiger charge is -2.03. The van der Waals surface area contributed by atoms with Crippen LogP contribution in [0.15, 0.2) is 17.1 Å². The van der Waals surface area contributed by atoms with Gasteiger partial charge in [-0.1, -0.05) is 5.92 Å². The normalized spacial score (nSPS) is 12.1. The molecule has 1 heterocycles. The second-order valence-corrected chi connectivity index (χ2v) is 2.61. The van der Waals surface area contributed by atoms with E-state index in [2.05, 4.69) is 10.9 Å². The molecule has 0 spiro atoms. The summed E-state index contributed by atoms with van der Waals surface area (Å²) in [4.78, 5) is 13.6. The molecule has 1 atom stereocenters. The molecular formula is C9H10N2O. The van der Waals surface area contributed by atoms with Gasteiger partial charge in [0.1, 0.15) is 0 Å². The first-order valence-corrected chi connectivity index (χ1v) is 3.60. The van der Waals surface area contributed by atoms with E-state index in [9.17, 15) is 4.79 Å². The number of pyridine rings is 1. The minimum Gasteiger partial charge on any atom is -0.328 e. The molecule has 3 nitrogen and oxygen atoms in total. The van der Waals surface area contributed by atoms with Crippen LogP contribution in [-0.2, 0) is 0 Å². The number of rotatable bonds is 1. The highest BCUT2D eigenvalue weighted by atomic mass is 16.1. The van der Waals surface area contributed by atoms with Crippen LogP contribution in [0.1, 0.15) is 24.1 Å². The predicted octanol–water partition coefficient (Wildman–Crippen LogP) is 0.376. The maximum atomic E-state index is 11.1. The van der Waals surface area contributed by atoms with E-state index < -0.39 is 0 Å². The third kappa shape index (κ3) is 1.55. The predicted molar refractivity (Wildman–Crippen MR) is 47.6 cm³/mol. The van der Waals surface area contributed by atoms with Crippen LogP contribution < -0.4 is 11.3 Å². The quantitative estimate of drug-likeness (QED) is 0.586. The lowest BCUT2D eigenvalue weighted by atomic mass is 10.1. The Balaban J connectivity index is 3.29. The van der Waals surface area contributed by atoms with Crippen LogP contribution in [0.4, 0.5) is 0 Å². The molecule has 3 N–H and O–H groups in total. The summed E-state index contributed by atoms with van der Waals surface area (Å²) >= 11 is 0. The number of nitrogens with two attached hydrogens (primary N) is 1. The summed E-state index contributed by atoms with van der Waals surface area (Å²) in [6, 6.07) is 1.34. The summed E-state index contributed by atoms with van der Waals surface area (Å²) in [6.07, 6.45) is 6.65. The molecule has 0 amide bonds. The molecule has 62 valence electrons. The van der Waals surface area contributed by atoms with Crippen molar-refractivity contribution < 1.29 is 0 Å². The van der Waals surface area contributed by atoms with Gasteiger partial charge in [0.05, 0.1) is 0 Å². The number of hydrogen-bond acceptors (Lipinski definition) is 2. The van der Waals surface area contributed by atoms with Gasteiger partial charge in [0, 0.05) is 23.4 Å². The fraction of sp³-hybridized carbons (Fsp3) is 0.222. The second-order valence-electron chi connectivity index (χ2n) is 2.61. The summed E-state index contributed by atoms with van der Waals surface area (Å²) in [5.74, 6) is 2.42. The van der Waals surface area contributed by atoms with Crippen LogP contribution in [0, 0.1) is 12.3 Å². The van der Waals surface area contributed by atoms with Gasteiger partial charge in [-0.25, -0.2) is 0 Å². The summed E-state index contributed by atoms with van der Waals surface area (Å²) in [5, 5.41) is 0. The second kappa shape index (κ2) is 3.24. The van der Waals surface area contributed by atoms with E-state index >= 15 is 0 Å². The number of aromatic nitrogens is 1. The first-order chi connectivity index (χ1) is 5.65. The molecule has 0 aromatic carbocycles. The topological polar surface area (TPSA) is 58.9 Å². The van der Waals surface area contributed by atoms with E-state index in [1.807, 2.05) is 0 Å². The van der Waals surface area contributed by atoms with Crippen molar-refractivity contribution in [2.75, 3.05) is 0 Å². The van der Waals surface area contributed by atoms with E-state index in [1.54, 1.807) is 13.0 Å². The highest BCUT2D eigenvalue weighted by Crippen LogP contribution is 2.04. The third-order valence-corrected chi connectivity index (χ3v) is 1.59. The minimum absolute atomic E-state index is 0.177. The lowest BCUT2D eigenvalue weighted by molar-refractivity contribution is 0.799. The Hall–Kier alpha value is -1.53. The zero-order chi connectivity index (χ0) is 9.14. The van der Waals surface area contributed by atoms with Crippen LogP contribution in [0.2, 0.25) is 0 Å². The van der Waals surface area contributed by atoms with Gasteiger partial charge >= 0.3 is 0 Å². The number of aromatic amines is 1. The molecule has 1 rings (SSSR count). The molecule has 1 aromatic rings. The van der Waals surface area contributed by atoms with Gasteiger partial charge in [0.25, 0.3) is 5.56 Å². The average Bonchev–Trinajstić information content (AvgIpc) is 2.05. The molecule has 0 saturated heterocycles. The fourth-order valence-corrected chi connectivity index (χ4v) is 0.923. The Morgan fingerprint density at radius 3 is 2.92 bits per heavy atom. The summed E-state index contributed by atoms with van der Waals surface area (Å²) < 4.78 is 0. The number of nitrogens with one attached hydrogen (secondary N) is 1. The zero-order valence-electron chi connectivity index (χ0n) is 6.79. The van der Waals surface area contributed by atoms with Gasteiger partial charge in [-0.2, -0.15) is 0 Å². The van der Waals surface area contributed by atoms with E-state index in [-0.39, 0.29) is 11.6 Å². The molecule has 0 unspecified atom stereocenters. The standard InChI is InChI=1S/C9H10N2O/c1-3-7-4-8(6(2)10)9(12)11-5-7/h1,4-6H,10H2,2H3,(H,11,12)/t6-/m0/s1. The molecule has 0 bridgehead atoms. The molecule has 0 radical (unpaired) electrons. The maximum absolute atomic E-state index is 11.1. The minimum atomic E-state index is -0.290. The molecule has 0 aliphatic heterocycles. The Bertz CT molecular complexity index is 371. The van der Waals surface area contributed by atoms with Gasteiger partial charge < -0.3 is 10.7 Å². The summed E-state index contributed by atoms with van der Waals surface area (Å²) in [7, 11) is 0. The lowest BCUT2D eigenvalue weighted by Crippen LogP contribution is -2.19. The Morgan fingerprint density at radius 1 is 1.75 bits per heavy atom. The van der Waals surface area contributed by atoms with Crippen LogP contribution in [-0.4, -0.2) is 4.98 Å². The summed E-state index contributed by atoms with van der Waals surface area (Å²) in [6.45, 7) is 1.74. The number of hydrogen-bond donors (Lipinski definition) is 2. The van der Waals surface area contributed by atoms with Gasteiger partial charge in [-0.3, -0.25) is 4.79 Å². The van der Waals surface area contributed by atoms with E-state index in [0.29, 0.717) is 11.1 Å². The van der Waals surface area contributed by atoms with Crippen LogP contribution in [0.3, 0.4) is 0 Å². The Morgan fingerprint density at radius 2 is 2.42 bits per heavy atom. The number of H-pyrrole nitrogens is 1. The van der Waals surface area contributed by atoms with Gasteiger partial charge in [0.2, 0.25) is 0 Å². The van der Waals surface area contributed by atoms with Gasteiger partial charge in [0.15, 0.2) is 0 Å². The molecular weight excluding hydrogens is 152 g/mol. The third-order valence-electron chi connectivity index (χ3n) is 1.59. The van der Waals surface area contributed by atoms with Crippen molar-refractivity contribution in [3.63, 3.8) is 0 Å². The van der Waals surface area contributed by atoms with Crippen molar-refractivity contribution in [2.45, 2.75) is 13.0 Å². The first kappa shape index (κ1) is 8.57. The van der Waals surface area contributed by atoms with E-state index in [4.69, 9.17) is 12.2 Å². The SMILES string of the molecule is C#Cc1c[nH]c(=O)c([C@H](C)N)c1. The van der Waals surface area contributed by atoms with Gasteiger partial charge in [-0.05, 0) is 13.0 Å². The monoisotopic (exact) mass is 162 g/mol. The maximum Gasteiger partial charge on any atom is 0.252 e.